The smallest absolute Gasteiger partial charge is 0.256 e. The lowest BCUT2D eigenvalue weighted by Crippen LogP contribution is -2.39. The van der Waals surface area contributed by atoms with Crippen LogP contribution in [-0.2, 0) is 13.0 Å². The van der Waals surface area contributed by atoms with E-state index in [1.807, 2.05) is 20.8 Å². The van der Waals surface area contributed by atoms with E-state index in [-0.39, 0.29) is 29.1 Å². The largest absolute Gasteiger partial charge is 0.489 e. The van der Waals surface area contributed by atoms with E-state index < -0.39 is 0 Å². The van der Waals surface area contributed by atoms with Crippen molar-refractivity contribution in [2.75, 3.05) is 6.54 Å². The molecule has 0 atom stereocenters. The number of rotatable bonds is 4. The van der Waals surface area contributed by atoms with Crippen LogP contribution in [0, 0.1) is 6.92 Å². The number of carbonyl (C=O) groups is 1. The van der Waals surface area contributed by atoms with Crippen molar-refractivity contribution in [1.29, 1.82) is 0 Å². The van der Waals surface area contributed by atoms with Crippen molar-refractivity contribution in [2.45, 2.75) is 39.8 Å². The fourth-order valence-corrected chi connectivity index (χ4v) is 5.00. The molecule has 1 aliphatic rings. The highest BCUT2D eigenvalue weighted by atomic mass is 35.5. The number of hydrogen-bond acceptors (Lipinski definition) is 5. The predicted octanol–water partition coefficient (Wildman–Crippen LogP) is 4.59. The first kappa shape index (κ1) is 20.2. The van der Waals surface area contributed by atoms with Crippen molar-refractivity contribution in [1.82, 2.24) is 14.3 Å². The summed E-state index contributed by atoms with van der Waals surface area (Å²) in [6, 6.07) is 1.66. The van der Waals surface area contributed by atoms with Crippen LogP contribution in [0.15, 0.2) is 17.1 Å². The molecule has 0 saturated carbocycles. The van der Waals surface area contributed by atoms with Crippen LogP contribution in [0.5, 0.6) is 5.75 Å². The molecule has 1 aliphatic heterocycles. The molecule has 4 rings (SSSR count). The lowest BCUT2D eigenvalue weighted by molar-refractivity contribution is 0.0726. The van der Waals surface area contributed by atoms with E-state index >= 15 is 0 Å². The van der Waals surface area contributed by atoms with Gasteiger partial charge in [-0.15, -0.1) is 0 Å². The molecule has 3 heterocycles. The number of benzene rings is 1. The van der Waals surface area contributed by atoms with Crippen LogP contribution in [0.1, 0.15) is 41.0 Å². The number of aromatic amines is 1. The van der Waals surface area contributed by atoms with Crippen molar-refractivity contribution in [3.63, 3.8) is 0 Å². The fraction of sp³-hybridized carbons (Fsp3) is 0.350. The van der Waals surface area contributed by atoms with E-state index in [0.29, 0.717) is 34.9 Å². The van der Waals surface area contributed by atoms with Crippen LogP contribution in [0.3, 0.4) is 0 Å². The summed E-state index contributed by atoms with van der Waals surface area (Å²) in [6.07, 6.45) is 2.17. The van der Waals surface area contributed by atoms with Gasteiger partial charge in [0.05, 0.1) is 39.7 Å². The van der Waals surface area contributed by atoms with Gasteiger partial charge in [0.15, 0.2) is 0 Å². The maximum atomic E-state index is 13.3. The summed E-state index contributed by atoms with van der Waals surface area (Å²) in [6.45, 7) is 6.21. The first-order valence-electron chi connectivity index (χ1n) is 9.20. The lowest BCUT2D eigenvalue weighted by atomic mass is 9.97. The number of hydrogen-bond donors (Lipinski definition) is 1. The zero-order chi connectivity index (χ0) is 20.9. The minimum absolute atomic E-state index is 0.109. The van der Waals surface area contributed by atoms with Crippen LogP contribution in [0.25, 0.3) is 10.1 Å². The highest BCUT2D eigenvalue weighted by Crippen LogP contribution is 2.39. The molecular formula is C20H19Cl2N3O3S. The van der Waals surface area contributed by atoms with Crippen LogP contribution in [0.2, 0.25) is 10.0 Å². The zero-order valence-corrected chi connectivity index (χ0v) is 18.5. The molecule has 2 aromatic heterocycles. The number of aromatic nitrogens is 2. The fourth-order valence-electron chi connectivity index (χ4n) is 3.58. The summed E-state index contributed by atoms with van der Waals surface area (Å²) in [7, 11) is 0. The van der Waals surface area contributed by atoms with E-state index in [1.54, 1.807) is 17.2 Å². The minimum atomic E-state index is -0.259. The maximum absolute atomic E-state index is 13.3. The molecule has 6 nitrogen and oxygen atoms in total. The summed E-state index contributed by atoms with van der Waals surface area (Å²) in [5.41, 5.74) is 2.16. The van der Waals surface area contributed by atoms with Gasteiger partial charge in [0.2, 0.25) is 0 Å². The third kappa shape index (κ3) is 3.52. The zero-order valence-electron chi connectivity index (χ0n) is 16.1. The summed E-state index contributed by atoms with van der Waals surface area (Å²) >= 11 is 14.2. The standard InChI is InChI=1S/C20H19Cl2N3O3S/c1-9(2)28-15-6-14(21)11-4-5-25(20(27)16(11)17(15)22)8-13-18-12(7-23-29-18)10(3)24-19(13)26/h6-7,9H,4-5,8H2,1-3H3,(H,24,26). The number of pyridine rings is 1. The van der Waals surface area contributed by atoms with E-state index in [4.69, 9.17) is 27.9 Å². The quantitative estimate of drug-likeness (QED) is 0.629. The monoisotopic (exact) mass is 451 g/mol. The van der Waals surface area contributed by atoms with Gasteiger partial charge >= 0.3 is 0 Å². The normalized spacial score (nSPS) is 14.0. The van der Waals surface area contributed by atoms with E-state index in [2.05, 4.69) is 9.36 Å². The Morgan fingerprint density at radius 3 is 2.83 bits per heavy atom. The first-order chi connectivity index (χ1) is 13.8. The number of halogens is 2. The number of carbonyl (C=O) groups excluding carboxylic acids is 1. The van der Waals surface area contributed by atoms with Gasteiger partial charge in [-0.3, -0.25) is 9.59 Å². The Hall–Kier alpha value is -2.09. The molecule has 0 unspecified atom stereocenters. The highest BCUT2D eigenvalue weighted by Gasteiger charge is 2.31. The summed E-state index contributed by atoms with van der Waals surface area (Å²) < 4.78 is 10.7. The van der Waals surface area contributed by atoms with Gasteiger partial charge in [0, 0.05) is 28.7 Å². The second kappa shape index (κ2) is 7.63. The van der Waals surface area contributed by atoms with Gasteiger partial charge in [-0.25, -0.2) is 0 Å². The van der Waals surface area contributed by atoms with Crippen LogP contribution in [-0.4, -0.2) is 32.8 Å². The Morgan fingerprint density at radius 2 is 2.10 bits per heavy atom. The predicted molar refractivity (Wildman–Crippen MR) is 116 cm³/mol. The molecule has 0 radical (unpaired) electrons. The van der Waals surface area contributed by atoms with Crippen LogP contribution >= 0.6 is 34.7 Å². The number of nitrogens with zero attached hydrogens (tertiary/aromatic N) is 2. The van der Waals surface area contributed by atoms with Crippen molar-refractivity contribution in [2.24, 2.45) is 0 Å². The van der Waals surface area contributed by atoms with Gasteiger partial charge in [0.25, 0.3) is 11.5 Å². The molecule has 0 bridgehead atoms. The Balaban J connectivity index is 1.74. The maximum Gasteiger partial charge on any atom is 0.256 e. The first-order valence-corrected chi connectivity index (χ1v) is 10.7. The van der Waals surface area contributed by atoms with E-state index in [0.717, 1.165) is 21.3 Å². The van der Waals surface area contributed by atoms with Crippen LogP contribution < -0.4 is 10.3 Å². The summed E-state index contributed by atoms with van der Waals surface area (Å²) in [5, 5.41) is 1.61. The van der Waals surface area contributed by atoms with Crippen molar-refractivity contribution in [3.05, 3.63) is 55.0 Å². The van der Waals surface area contributed by atoms with E-state index in [1.165, 1.54) is 11.5 Å². The number of ether oxygens (including phenoxy) is 1. The second-order valence-corrected chi connectivity index (χ2v) is 8.88. The Labute approximate surface area is 181 Å². The third-order valence-corrected chi connectivity index (χ3v) is 6.52. The lowest BCUT2D eigenvalue weighted by Gasteiger charge is -2.30. The second-order valence-electron chi connectivity index (χ2n) is 7.29. The highest BCUT2D eigenvalue weighted by molar-refractivity contribution is 7.13. The summed E-state index contributed by atoms with van der Waals surface area (Å²) in [4.78, 5) is 30.4. The van der Waals surface area contributed by atoms with Crippen molar-refractivity contribution >= 4 is 50.7 Å². The SMILES string of the molecule is Cc1[nH]c(=O)c(CN2CCc3c(Cl)cc(OC(C)C)c(Cl)c3C2=O)c2sncc12. The van der Waals surface area contributed by atoms with Crippen molar-refractivity contribution in [3.8, 4) is 5.75 Å². The Kier molecular flexibility index (Phi) is 5.31. The number of fused-ring (bicyclic) bond motifs is 2. The average Bonchev–Trinajstić information content (AvgIpc) is 3.14. The topological polar surface area (TPSA) is 75.3 Å². The number of H-pyrrole nitrogens is 1. The average molecular weight is 452 g/mol. The molecule has 29 heavy (non-hydrogen) atoms. The molecule has 1 amide bonds. The van der Waals surface area contributed by atoms with Crippen LogP contribution in [0.4, 0.5) is 0 Å². The molecule has 0 spiro atoms. The van der Waals surface area contributed by atoms with Crippen molar-refractivity contribution < 1.29 is 9.53 Å². The number of amides is 1. The van der Waals surface area contributed by atoms with Gasteiger partial charge in [-0.1, -0.05) is 23.2 Å². The minimum Gasteiger partial charge on any atom is -0.489 e. The molecule has 3 aromatic rings. The molecule has 0 saturated heterocycles. The van der Waals surface area contributed by atoms with Gasteiger partial charge < -0.3 is 14.6 Å². The number of aryl methyl sites for hydroxylation is 1. The van der Waals surface area contributed by atoms with E-state index in [9.17, 15) is 9.59 Å². The molecule has 1 N–H and O–H groups in total. The molecule has 9 heteroatoms. The van der Waals surface area contributed by atoms with Gasteiger partial charge in [-0.05, 0) is 44.3 Å². The van der Waals surface area contributed by atoms with Gasteiger partial charge in [-0.2, -0.15) is 4.37 Å². The molecule has 152 valence electrons. The molecular weight excluding hydrogens is 433 g/mol. The molecule has 1 aromatic carbocycles. The molecule has 0 aliphatic carbocycles. The summed E-state index contributed by atoms with van der Waals surface area (Å²) in [5.74, 6) is 0.128. The Bertz CT molecular complexity index is 1190. The third-order valence-electron chi connectivity index (χ3n) is 4.95. The Morgan fingerprint density at radius 1 is 1.34 bits per heavy atom. The van der Waals surface area contributed by atoms with Gasteiger partial charge in [0.1, 0.15) is 5.75 Å². The number of nitrogens with one attached hydrogen (secondary N) is 1. The molecule has 0 fully saturated rings.